The Labute approximate surface area is 151 Å². The second-order valence-electron chi connectivity index (χ2n) is 9.29. The van der Waals surface area contributed by atoms with Gasteiger partial charge in [-0.1, -0.05) is 6.58 Å². The van der Waals surface area contributed by atoms with Crippen LogP contribution in [0.1, 0.15) is 64.7 Å². The van der Waals surface area contributed by atoms with Gasteiger partial charge >= 0.3 is 5.97 Å². The Kier molecular flexibility index (Phi) is 4.70. The van der Waals surface area contributed by atoms with Crippen LogP contribution in [0.5, 0.6) is 0 Å². The lowest BCUT2D eigenvalue weighted by atomic mass is 9.48. The molecule has 4 aliphatic carbocycles. The van der Waals surface area contributed by atoms with Crippen LogP contribution in [-0.4, -0.2) is 37.5 Å². The maximum atomic E-state index is 12.2. The average molecular weight is 348 g/mol. The number of hydrogen-bond donors (Lipinski definition) is 0. The van der Waals surface area contributed by atoms with Crippen molar-refractivity contribution in [2.75, 3.05) is 19.8 Å². The number of ether oxygens (including phenoxy) is 3. The lowest BCUT2D eigenvalue weighted by Crippen LogP contribution is -2.58. The molecule has 1 aliphatic heterocycles. The zero-order valence-corrected chi connectivity index (χ0v) is 15.6. The van der Waals surface area contributed by atoms with Crippen molar-refractivity contribution >= 4 is 5.97 Å². The minimum Gasteiger partial charge on any atom is -0.456 e. The van der Waals surface area contributed by atoms with E-state index in [0.717, 1.165) is 51.9 Å². The largest absolute Gasteiger partial charge is 0.456 e. The van der Waals surface area contributed by atoms with Crippen LogP contribution < -0.4 is 0 Å². The second kappa shape index (κ2) is 6.70. The monoisotopic (exact) mass is 348 g/mol. The minimum atomic E-state index is -0.247. The molecule has 5 rings (SSSR count). The Morgan fingerprint density at radius 2 is 1.96 bits per heavy atom. The van der Waals surface area contributed by atoms with Crippen LogP contribution in [0.2, 0.25) is 0 Å². The Balaban J connectivity index is 1.33. The molecule has 5 aliphatic rings. The molecule has 25 heavy (non-hydrogen) atoms. The van der Waals surface area contributed by atoms with Crippen molar-refractivity contribution < 1.29 is 19.0 Å². The summed E-state index contributed by atoms with van der Waals surface area (Å²) in [7, 11) is 0. The molecule has 1 saturated heterocycles. The second-order valence-corrected chi connectivity index (χ2v) is 9.29. The Hall–Kier alpha value is -0.870. The van der Waals surface area contributed by atoms with Gasteiger partial charge in [-0.05, 0) is 82.0 Å². The Morgan fingerprint density at radius 3 is 2.56 bits per heavy atom. The van der Waals surface area contributed by atoms with Gasteiger partial charge < -0.3 is 14.2 Å². The topological polar surface area (TPSA) is 44.8 Å². The highest BCUT2D eigenvalue weighted by Crippen LogP contribution is 2.62. The predicted octanol–water partition coefficient (Wildman–Crippen LogP) is 4.03. The van der Waals surface area contributed by atoms with Crippen molar-refractivity contribution in [3.05, 3.63) is 12.2 Å². The highest BCUT2D eigenvalue weighted by molar-refractivity contribution is 5.87. The van der Waals surface area contributed by atoms with Crippen LogP contribution in [0.15, 0.2) is 12.2 Å². The van der Waals surface area contributed by atoms with Gasteiger partial charge in [-0.2, -0.15) is 0 Å². The molecule has 0 aromatic rings. The van der Waals surface area contributed by atoms with Crippen molar-refractivity contribution in [3.8, 4) is 0 Å². The maximum absolute atomic E-state index is 12.2. The van der Waals surface area contributed by atoms with Crippen LogP contribution in [0.3, 0.4) is 0 Å². The fraction of sp³-hybridized carbons (Fsp3) is 0.857. The van der Waals surface area contributed by atoms with E-state index in [4.69, 9.17) is 14.2 Å². The number of carbonyl (C=O) groups is 1. The first-order valence-corrected chi connectivity index (χ1v) is 10.1. The molecule has 4 saturated carbocycles. The third-order valence-corrected chi connectivity index (χ3v) is 6.80. The van der Waals surface area contributed by atoms with E-state index in [1.165, 1.54) is 25.7 Å². The average Bonchev–Trinajstić information content (AvgIpc) is 2.46. The summed E-state index contributed by atoms with van der Waals surface area (Å²) in [6.45, 7) is 8.09. The first-order valence-electron chi connectivity index (χ1n) is 10.1. The molecule has 4 heteroatoms. The maximum Gasteiger partial charge on any atom is 0.333 e. The van der Waals surface area contributed by atoms with Gasteiger partial charge in [0.05, 0.1) is 12.7 Å². The lowest BCUT2D eigenvalue weighted by molar-refractivity contribution is -0.206. The smallest absolute Gasteiger partial charge is 0.333 e. The summed E-state index contributed by atoms with van der Waals surface area (Å²) in [6, 6.07) is 0. The molecule has 140 valence electrons. The molecule has 3 atom stereocenters. The van der Waals surface area contributed by atoms with Crippen LogP contribution in [0.25, 0.3) is 0 Å². The molecular formula is C21H32O4. The highest BCUT2D eigenvalue weighted by atomic mass is 16.6. The molecule has 4 nitrogen and oxygen atoms in total. The Bertz CT molecular complexity index is 522. The van der Waals surface area contributed by atoms with Crippen LogP contribution in [0, 0.1) is 17.3 Å². The van der Waals surface area contributed by atoms with Crippen molar-refractivity contribution in [1.29, 1.82) is 0 Å². The molecule has 0 N–H and O–H groups in total. The molecule has 0 aromatic heterocycles. The summed E-state index contributed by atoms with van der Waals surface area (Å²) in [5, 5.41) is 0. The zero-order valence-electron chi connectivity index (χ0n) is 15.6. The molecular weight excluding hydrogens is 316 g/mol. The van der Waals surface area contributed by atoms with Gasteiger partial charge in [0.1, 0.15) is 5.60 Å². The molecule has 0 radical (unpaired) electrons. The quantitative estimate of drug-likeness (QED) is 0.377. The normalized spacial score (nSPS) is 41.4. The standard InChI is InChI=1S/C21H32O4/c1-15(2)19(22)25-21-11-16-8-17(12-21)10-20(9-16,13-21)14-23-6-3-4-18-5-7-24-18/h16-18H,1,3-14H2,2H3. The van der Waals surface area contributed by atoms with Crippen molar-refractivity contribution in [3.63, 3.8) is 0 Å². The van der Waals surface area contributed by atoms with Gasteiger partial charge in [0.15, 0.2) is 0 Å². The van der Waals surface area contributed by atoms with E-state index >= 15 is 0 Å². The van der Waals surface area contributed by atoms with Crippen LogP contribution in [-0.2, 0) is 19.0 Å². The Morgan fingerprint density at radius 1 is 1.24 bits per heavy atom. The number of esters is 1. The summed E-state index contributed by atoms with van der Waals surface area (Å²) in [6.07, 6.45) is 10.8. The van der Waals surface area contributed by atoms with Crippen molar-refractivity contribution in [2.45, 2.75) is 76.4 Å². The highest BCUT2D eigenvalue weighted by Gasteiger charge is 2.59. The molecule has 1 heterocycles. The predicted molar refractivity (Wildman–Crippen MR) is 95.2 cm³/mol. The van der Waals surface area contributed by atoms with Gasteiger partial charge in [0.2, 0.25) is 0 Å². The fourth-order valence-corrected chi connectivity index (χ4v) is 6.15. The van der Waals surface area contributed by atoms with Gasteiger partial charge in [-0.25, -0.2) is 4.79 Å². The van der Waals surface area contributed by atoms with Crippen LogP contribution >= 0.6 is 0 Å². The summed E-state index contributed by atoms with van der Waals surface area (Å²) in [4.78, 5) is 12.2. The number of hydrogen-bond acceptors (Lipinski definition) is 4. The first kappa shape index (κ1) is 17.5. The van der Waals surface area contributed by atoms with Gasteiger partial charge in [0.25, 0.3) is 0 Å². The van der Waals surface area contributed by atoms with E-state index < -0.39 is 0 Å². The van der Waals surface area contributed by atoms with E-state index in [1.54, 1.807) is 6.92 Å². The number of carbonyl (C=O) groups excluding carboxylic acids is 1. The number of rotatable bonds is 8. The van der Waals surface area contributed by atoms with E-state index in [0.29, 0.717) is 23.5 Å². The summed E-state index contributed by atoms with van der Waals surface area (Å²) in [5.41, 5.74) is 0.495. The minimum absolute atomic E-state index is 0.210. The van der Waals surface area contributed by atoms with Crippen molar-refractivity contribution in [2.24, 2.45) is 17.3 Å². The summed E-state index contributed by atoms with van der Waals surface area (Å²) < 4.78 is 17.6. The van der Waals surface area contributed by atoms with E-state index in [1.807, 2.05) is 0 Å². The fourth-order valence-electron chi connectivity index (χ4n) is 6.15. The van der Waals surface area contributed by atoms with E-state index in [9.17, 15) is 4.79 Å². The molecule has 0 amide bonds. The van der Waals surface area contributed by atoms with Gasteiger partial charge in [-0.15, -0.1) is 0 Å². The molecule has 4 bridgehead atoms. The zero-order chi connectivity index (χ0) is 17.5. The molecule has 5 fully saturated rings. The summed E-state index contributed by atoms with van der Waals surface area (Å²) >= 11 is 0. The first-order chi connectivity index (χ1) is 12.0. The van der Waals surface area contributed by atoms with E-state index in [-0.39, 0.29) is 17.0 Å². The SMILES string of the molecule is C=C(C)C(=O)OC12CC3CC(CC(COCCCC4CCO4)(C3)C1)C2. The molecule has 3 unspecified atom stereocenters. The van der Waals surface area contributed by atoms with E-state index in [2.05, 4.69) is 6.58 Å². The lowest BCUT2D eigenvalue weighted by Gasteiger charge is -2.61. The van der Waals surface area contributed by atoms with Gasteiger partial charge in [-0.3, -0.25) is 0 Å². The third kappa shape index (κ3) is 3.66. The third-order valence-electron chi connectivity index (χ3n) is 6.80. The van der Waals surface area contributed by atoms with Crippen molar-refractivity contribution in [1.82, 2.24) is 0 Å². The molecule has 0 aromatic carbocycles. The van der Waals surface area contributed by atoms with Crippen LogP contribution in [0.4, 0.5) is 0 Å². The summed E-state index contributed by atoms with van der Waals surface area (Å²) in [5.74, 6) is 1.19. The molecule has 0 spiro atoms. The van der Waals surface area contributed by atoms with Gasteiger partial charge in [0, 0.05) is 18.8 Å².